The van der Waals surface area contributed by atoms with Crippen molar-refractivity contribution in [3.05, 3.63) is 168 Å². The molecule has 1 heterocycles. The van der Waals surface area contributed by atoms with E-state index in [4.69, 9.17) is 37.6 Å². The SMILES string of the molecule is COC(=O)[C@@H](CO[Si](c1ccccc1)(c1ccccc1)C(C)(C)C)O[C@H]1O[C@H](COC(C)=O)[C@@H](OCc2ccccc2)[C@H](OCc2ccccc2)[C@H]1OCc1ccccc1. The summed E-state index contributed by atoms with van der Waals surface area (Å²) < 4.78 is 51.8. The van der Waals surface area contributed by atoms with Crippen LogP contribution in [0.15, 0.2) is 152 Å². The summed E-state index contributed by atoms with van der Waals surface area (Å²) in [7, 11) is -1.82. The number of rotatable bonds is 19. The van der Waals surface area contributed by atoms with Crippen LogP contribution in [0.3, 0.4) is 0 Å². The molecule has 6 atom stereocenters. The van der Waals surface area contributed by atoms with Gasteiger partial charge in [-0.1, -0.05) is 172 Å². The van der Waals surface area contributed by atoms with Crippen LogP contribution in [0.2, 0.25) is 5.04 Å². The second kappa shape index (κ2) is 21.5. The van der Waals surface area contributed by atoms with Gasteiger partial charge in [-0.25, -0.2) is 4.79 Å². The Morgan fingerprint density at radius 2 is 1.03 bits per heavy atom. The van der Waals surface area contributed by atoms with Crippen molar-refractivity contribution in [3.63, 3.8) is 0 Å². The molecule has 0 N–H and O–H groups in total. The Bertz CT molecular complexity index is 1990. The predicted octanol–water partition coefficient (Wildman–Crippen LogP) is 7.17. The second-order valence-electron chi connectivity index (χ2n) is 15.8. The fraction of sp³-hybridized carbons (Fsp3) is 0.347. The molecule has 5 aromatic rings. The first-order chi connectivity index (χ1) is 29.1. The molecule has 0 radical (unpaired) electrons. The lowest BCUT2D eigenvalue weighted by Crippen LogP contribution is -2.67. The van der Waals surface area contributed by atoms with Crippen molar-refractivity contribution in [3.8, 4) is 0 Å². The van der Waals surface area contributed by atoms with Crippen LogP contribution in [-0.4, -0.2) is 77.4 Å². The molecule has 1 saturated heterocycles. The average molecular weight is 833 g/mol. The maximum atomic E-state index is 13.9. The smallest absolute Gasteiger partial charge is 0.337 e. The number of carbonyl (C=O) groups is 2. The number of hydrogen-bond donors (Lipinski definition) is 0. The Labute approximate surface area is 354 Å². The third-order valence-corrected chi connectivity index (χ3v) is 15.5. The van der Waals surface area contributed by atoms with Gasteiger partial charge in [-0.3, -0.25) is 4.79 Å². The first kappa shape index (κ1) is 44.6. The van der Waals surface area contributed by atoms with E-state index in [-0.39, 0.29) is 38.1 Å². The van der Waals surface area contributed by atoms with Crippen LogP contribution in [-0.2, 0) is 67.0 Å². The van der Waals surface area contributed by atoms with Crippen LogP contribution < -0.4 is 10.4 Å². The molecular formula is C49H56O10Si. The second-order valence-corrected chi connectivity index (χ2v) is 20.1. The highest BCUT2D eigenvalue weighted by atomic mass is 28.4. The molecule has 0 saturated carbocycles. The molecule has 11 heteroatoms. The Kier molecular flexibility index (Phi) is 16.0. The van der Waals surface area contributed by atoms with Gasteiger partial charge in [0.25, 0.3) is 8.32 Å². The van der Waals surface area contributed by atoms with E-state index in [0.29, 0.717) is 0 Å². The number of benzene rings is 5. The monoisotopic (exact) mass is 832 g/mol. The molecule has 1 fully saturated rings. The van der Waals surface area contributed by atoms with Crippen molar-refractivity contribution in [1.82, 2.24) is 0 Å². The first-order valence-electron chi connectivity index (χ1n) is 20.3. The lowest BCUT2D eigenvalue weighted by atomic mass is 9.97. The van der Waals surface area contributed by atoms with Crippen LogP contribution in [0, 0.1) is 0 Å². The maximum absolute atomic E-state index is 13.9. The van der Waals surface area contributed by atoms with E-state index in [9.17, 15) is 9.59 Å². The summed E-state index contributed by atoms with van der Waals surface area (Å²) in [5.74, 6) is -1.15. The van der Waals surface area contributed by atoms with E-state index >= 15 is 0 Å². The fourth-order valence-corrected chi connectivity index (χ4v) is 12.2. The molecule has 0 amide bonds. The van der Waals surface area contributed by atoms with Crippen LogP contribution in [0.5, 0.6) is 0 Å². The Hall–Kier alpha value is -4.98. The minimum absolute atomic E-state index is 0.163. The highest BCUT2D eigenvalue weighted by Crippen LogP contribution is 2.38. The molecule has 1 aliphatic rings. The number of hydrogen-bond acceptors (Lipinski definition) is 10. The molecule has 0 bridgehead atoms. The van der Waals surface area contributed by atoms with Gasteiger partial charge in [-0.05, 0) is 32.1 Å². The molecule has 0 spiro atoms. The van der Waals surface area contributed by atoms with Crippen LogP contribution in [0.25, 0.3) is 0 Å². The Morgan fingerprint density at radius 1 is 0.617 bits per heavy atom. The van der Waals surface area contributed by atoms with Crippen LogP contribution in [0.4, 0.5) is 0 Å². The van der Waals surface area contributed by atoms with E-state index in [1.807, 2.05) is 127 Å². The Morgan fingerprint density at radius 3 is 1.45 bits per heavy atom. The van der Waals surface area contributed by atoms with Crippen molar-refractivity contribution in [2.24, 2.45) is 0 Å². The van der Waals surface area contributed by atoms with Gasteiger partial charge in [0.15, 0.2) is 12.4 Å². The summed E-state index contributed by atoms with van der Waals surface area (Å²) in [4.78, 5) is 26.2. The lowest BCUT2D eigenvalue weighted by Gasteiger charge is -2.46. The summed E-state index contributed by atoms with van der Waals surface area (Å²) in [5.41, 5.74) is 2.76. The van der Waals surface area contributed by atoms with Gasteiger partial charge in [0.1, 0.15) is 31.0 Å². The van der Waals surface area contributed by atoms with E-state index < -0.39 is 57.1 Å². The standard InChI is InChI=1S/C49H56O10Si/c1-36(50)53-34-42-44(54-31-37-21-11-6-12-22-37)45(55-32-38-23-13-7-14-24-38)46(56-33-39-25-15-8-16-26-39)48(58-42)59-43(47(51)52-5)35-57-60(49(2,3)4,40-27-17-9-18-28-40)41-29-19-10-20-30-41/h6-30,42-46,48H,31-35H2,1-5H3/t42-,43-,44-,45+,46-,48-/m1/s1. The van der Waals surface area contributed by atoms with Crippen LogP contribution in [0.1, 0.15) is 44.4 Å². The van der Waals surface area contributed by atoms with Crippen molar-refractivity contribution in [2.45, 2.75) is 89.4 Å². The minimum Gasteiger partial charge on any atom is -0.467 e. The molecule has 5 aromatic carbocycles. The molecule has 60 heavy (non-hydrogen) atoms. The van der Waals surface area contributed by atoms with Gasteiger partial charge in [-0.2, -0.15) is 0 Å². The van der Waals surface area contributed by atoms with Gasteiger partial charge in [-0.15, -0.1) is 0 Å². The average Bonchev–Trinajstić information content (AvgIpc) is 3.27. The maximum Gasteiger partial charge on any atom is 0.337 e. The van der Waals surface area contributed by atoms with E-state index in [0.717, 1.165) is 27.1 Å². The number of ether oxygens (including phenoxy) is 7. The molecule has 1 aliphatic heterocycles. The zero-order chi connectivity index (χ0) is 42.4. The molecular weight excluding hydrogens is 777 g/mol. The third-order valence-electron chi connectivity index (χ3n) is 10.5. The number of esters is 2. The topological polar surface area (TPSA) is 108 Å². The molecule has 0 unspecified atom stereocenters. The largest absolute Gasteiger partial charge is 0.467 e. The zero-order valence-electron chi connectivity index (χ0n) is 35.0. The summed E-state index contributed by atoms with van der Waals surface area (Å²) in [6.07, 6.45) is -6.00. The minimum atomic E-state index is -3.13. The molecule has 0 aliphatic carbocycles. The van der Waals surface area contributed by atoms with Crippen molar-refractivity contribution < 1.29 is 47.2 Å². The van der Waals surface area contributed by atoms with Gasteiger partial charge in [0, 0.05) is 6.92 Å². The summed E-state index contributed by atoms with van der Waals surface area (Å²) >= 11 is 0. The van der Waals surface area contributed by atoms with Gasteiger partial charge in [0.05, 0.1) is 33.5 Å². The number of methoxy groups -OCH3 is 1. The van der Waals surface area contributed by atoms with Crippen molar-refractivity contribution in [2.75, 3.05) is 20.3 Å². The molecule has 0 aromatic heterocycles. The number of carbonyl (C=O) groups excluding carboxylic acids is 2. The highest BCUT2D eigenvalue weighted by molar-refractivity contribution is 6.99. The lowest BCUT2D eigenvalue weighted by molar-refractivity contribution is -0.334. The Balaban J connectivity index is 1.39. The zero-order valence-corrected chi connectivity index (χ0v) is 36.0. The normalized spacial score (nSPS) is 19.9. The highest BCUT2D eigenvalue weighted by Gasteiger charge is 2.53. The van der Waals surface area contributed by atoms with E-state index in [1.54, 1.807) is 0 Å². The van der Waals surface area contributed by atoms with E-state index in [2.05, 4.69) is 45.0 Å². The first-order valence-corrected chi connectivity index (χ1v) is 22.2. The molecule has 316 valence electrons. The quantitative estimate of drug-likeness (QED) is 0.0629. The summed E-state index contributed by atoms with van der Waals surface area (Å²) in [6, 6.07) is 49.5. The predicted molar refractivity (Wildman–Crippen MR) is 231 cm³/mol. The van der Waals surface area contributed by atoms with Crippen molar-refractivity contribution in [1.29, 1.82) is 0 Å². The van der Waals surface area contributed by atoms with Gasteiger partial charge in [0.2, 0.25) is 0 Å². The van der Waals surface area contributed by atoms with Crippen LogP contribution >= 0.6 is 0 Å². The van der Waals surface area contributed by atoms with Gasteiger partial charge < -0.3 is 37.6 Å². The summed E-state index contributed by atoms with van der Waals surface area (Å²) in [6.45, 7) is 8.06. The molecule has 6 rings (SSSR count). The van der Waals surface area contributed by atoms with Crippen molar-refractivity contribution >= 4 is 30.6 Å². The third kappa shape index (κ3) is 11.4. The fourth-order valence-electron chi connectivity index (χ4n) is 7.61. The molecule has 10 nitrogen and oxygen atoms in total. The van der Waals surface area contributed by atoms with Gasteiger partial charge >= 0.3 is 11.9 Å². The summed E-state index contributed by atoms with van der Waals surface area (Å²) in [5, 5.41) is 1.70. The van der Waals surface area contributed by atoms with E-state index in [1.165, 1.54) is 14.0 Å².